The zero-order valence-corrected chi connectivity index (χ0v) is 22.7. The molecule has 1 aliphatic rings. The average Bonchev–Trinajstić information content (AvgIpc) is 3.16. The van der Waals surface area contributed by atoms with E-state index in [9.17, 15) is 14.4 Å². The number of carbonyl (C=O) groups is 3. The van der Waals surface area contributed by atoms with E-state index < -0.39 is 0 Å². The minimum Gasteiger partial charge on any atom is -0.493 e. The van der Waals surface area contributed by atoms with Crippen molar-refractivity contribution in [1.82, 2.24) is 4.90 Å². The van der Waals surface area contributed by atoms with Gasteiger partial charge in [0.25, 0.3) is 5.91 Å². The Kier molecular flexibility index (Phi) is 10.5. The van der Waals surface area contributed by atoms with E-state index in [0.29, 0.717) is 51.5 Å². The van der Waals surface area contributed by atoms with Gasteiger partial charge in [0.05, 0.1) is 31.3 Å². The van der Waals surface area contributed by atoms with Gasteiger partial charge < -0.3 is 19.5 Å². The van der Waals surface area contributed by atoms with Crippen LogP contribution < -0.4 is 14.8 Å². The van der Waals surface area contributed by atoms with E-state index >= 15 is 0 Å². The van der Waals surface area contributed by atoms with E-state index in [0.717, 1.165) is 18.4 Å². The molecule has 10 heteroatoms. The number of hydrogen-bond acceptors (Lipinski definition) is 8. The Morgan fingerprint density at radius 2 is 1.78 bits per heavy atom. The number of carbonyl (C=O) groups excluding carboxylic acids is 3. The fraction of sp³-hybridized carbons (Fsp3) is 0.333. The van der Waals surface area contributed by atoms with Crippen molar-refractivity contribution in [3.05, 3.63) is 58.5 Å². The fourth-order valence-corrected chi connectivity index (χ4v) is 4.80. The largest absolute Gasteiger partial charge is 0.493 e. The zero-order chi connectivity index (χ0) is 26.8. The summed E-state index contributed by atoms with van der Waals surface area (Å²) in [5.74, 6) is 0.414. The second-order valence-electron chi connectivity index (χ2n) is 8.17. The van der Waals surface area contributed by atoms with Crippen molar-refractivity contribution in [2.45, 2.75) is 32.6 Å². The molecule has 2 amide bonds. The molecule has 0 aromatic heterocycles. The predicted molar refractivity (Wildman–Crippen MR) is 149 cm³/mol. The highest BCUT2D eigenvalue weighted by molar-refractivity contribution is 8.26. The molecule has 1 heterocycles. The molecule has 196 valence electrons. The van der Waals surface area contributed by atoms with Crippen molar-refractivity contribution >= 4 is 57.8 Å². The number of anilines is 1. The number of benzene rings is 2. The topological polar surface area (TPSA) is 94.2 Å². The summed E-state index contributed by atoms with van der Waals surface area (Å²) in [6.45, 7) is 2.75. The van der Waals surface area contributed by atoms with Gasteiger partial charge in [-0.2, -0.15) is 0 Å². The minimum absolute atomic E-state index is 0.188. The number of esters is 1. The number of hydrogen-bond donors (Lipinski definition) is 1. The summed E-state index contributed by atoms with van der Waals surface area (Å²) in [4.78, 5) is 39.3. The first-order valence-corrected chi connectivity index (χ1v) is 13.1. The number of rotatable bonds is 12. The summed E-state index contributed by atoms with van der Waals surface area (Å²) in [5.41, 5.74) is 1.81. The Morgan fingerprint density at radius 1 is 1.05 bits per heavy atom. The zero-order valence-electron chi connectivity index (χ0n) is 21.1. The second-order valence-corrected chi connectivity index (χ2v) is 9.84. The molecule has 3 rings (SSSR count). The van der Waals surface area contributed by atoms with Crippen LogP contribution in [0.1, 0.15) is 48.5 Å². The standard InChI is InChI=1S/C27H30N2O6S2/c1-4-5-15-35-26(32)19-9-11-20(12-10-19)28-24(30)7-6-14-29-25(31)23(37-27(29)36)17-18-8-13-21(33-2)22(16-18)34-3/h8-13,16-17H,4-7,14-15H2,1-3H3,(H,28,30). The number of thioether (sulfide) groups is 1. The molecule has 0 spiro atoms. The van der Waals surface area contributed by atoms with Crippen LogP contribution >= 0.6 is 24.0 Å². The molecule has 0 atom stereocenters. The lowest BCUT2D eigenvalue weighted by Crippen LogP contribution is -2.29. The maximum absolute atomic E-state index is 12.9. The van der Waals surface area contributed by atoms with Gasteiger partial charge in [-0.25, -0.2) is 4.79 Å². The van der Waals surface area contributed by atoms with Gasteiger partial charge >= 0.3 is 5.97 Å². The molecule has 1 aliphatic heterocycles. The summed E-state index contributed by atoms with van der Waals surface area (Å²) in [6.07, 6.45) is 4.20. The Labute approximate surface area is 226 Å². The normalized spacial score (nSPS) is 14.1. The molecule has 1 saturated heterocycles. The van der Waals surface area contributed by atoms with Crippen LogP contribution in [0.2, 0.25) is 0 Å². The smallest absolute Gasteiger partial charge is 0.338 e. The van der Waals surface area contributed by atoms with E-state index in [1.807, 2.05) is 13.0 Å². The van der Waals surface area contributed by atoms with Crippen molar-refractivity contribution in [2.24, 2.45) is 0 Å². The lowest BCUT2D eigenvalue weighted by Gasteiger charge is -2.14. The third-order valence-corrected chi connectivity index (χ3v) is 6.88. The molecular weight excluding hydrogens is 512 g/mol. The summed E-state index contributed by atoms with van der Waals surface area (Å²) in [6, 6.07) is 12.0. The number of unbranched alkanes of at least 4 members (excludes halogenated alkanes) is 1. The SMILES string of the molecule is CCCCOC(=O)c1ccc(NC(=O)CCCN2C(=O)C(=Cc3ccc(OC)c(OC)c3)SC2=S)cc1. The average molecular weight is 543 g/mol. The molecule has 0 saturated carbocycles. The number of ether oxygens (including phenoxy) is 3. The maximum atomic E-state index is 12.9. The Hall–Kier alpha value is -3.37. The maximum Gasteiger partial charge on any atom is 0.338 e. The monoisotopic (exact) mass is 542 g/mol. The van der Waals surface area contributed by atoms with E-state index in [1.54, 1.807) is 56.7 Å². The van der Waals surface area contributed by atoms with Crippen molar-refractivity contribution in [1.29, 1.82) is 0 Å². The van der Waals surface area contributed by atoms with Crippen LogP contribution in [0, 0.1) is 0 Å². The molecule has 1 N–H and O–H groups in total. The van der Waals surface area contributed by atoms with Gasteiger partial charge in [0, 0.05) is 18.7 Å². The molecule has 2 aromatic rings. The third kappa shape index (κ3) is 7.80. The second kappa shape index (κ2) is 13.8. The molecule has 0 bridgehead atoms. The van der Waals surface area contributed by atoms with Crippen LogP contribution in [0.5, 0.6) is 11.5 Å². The van der Waals surface area contributed by atoms with Gasteiger partial charge in [0.15, 0.2) is 11.5 Å². The minimum atomic E-state index is -0.380. The van der Waals surface area contributed by atoms with Crippen LogP contribution in [0.15, 0.2) is 47.4 Å². The fourth-order valence-electron chi connectivity index (χ4n) is 3.49. The van der Waals surface area contributed by atoms with Gasteiger partial charge in [-0.1, -0.05) is 43.4 Å². The van der Waals surface area contributed by atoms with E-state index in [-0.39, 0.29) is 24.2 Å². The Bertz CT molecular complexity index is 1180. The quantitative estimate of drug-likeness (QED) is 0.168. The number of nitrogens with one attached hydrogen (secondary N) is 1. The van der Waals surface area contributed by atoms with Crippen LogP contribution in [-0.2, 0) is 14.3 Å². The first-order valence-electron chi connectivity index (χ1n) is 11.9. The van der Waals surface area contributed by atoms with Crippen LogP contribution in [0.4, 0.5) is 5.69 Å². The van der Waals surface area contributed by atoms with Crippen LogP contribution in [0.3, 0.4) is 0 Å². The lowest BCUT2D eigenvalue weighted by molar-refractivity contribution is -0.122. The molecule has 37 heavy (non-hydrogen) atoms. The molecule has 0 unspecified atom stereocenters. The summed E-state index contributed by atoms with van der Waals surface area (Å²) < 4.78 is 16.2. The van der Waals surface area contributed by atoms with E-state index in [1.165, 1.54) is 16.7 Å². The van der Waals surface area contributed by atoms with Gasteiger partial charge in [0.2, 0.25) is 5.91 Å². The van der Waals surface area contributed by atoms with Crippen LogP contribution in [0.25, 0.3) is 6.08 Å². The van der Waals surface area contributed by atoms with Crippen molar-refractivity contribution < 1.29 is 28.6 Å². The third-order valence-electron chi connectivity index (χ3n) is 5.50. The molecule has 8 nitrogen and oxygen atoms in total. The van der Waals surface area contributed by atoms with Crippen molar-refractivity contribution in [2.75, 3.05) is 32.7 Å². The molecule has 0 aliphatic carbocycles. The van der Waals surface area contributed by atoms with E-state index in [4.69, 9.17) is 26.4 Å². The molecule has 0 radical (unpaired) electrons. The first kappa shape index (κ1) is 28.2. The van der Waals surface area contributed by atoms with Crippen LogP contribution in [-0.4, -0.2) is 54.4 Å². The highest BCUT2D eigenvalue weighted by Crippen LogP contribution is 2.34. The summed E-state index contributed by atoms with van der Waals surface area (Å²) in [5, 5.41) is 2.80. The lowest BCUT2D eigenvalue weighted by atomic mass is 10.2. The number of amides is 2. The number of methoxy groups -OCH3 is 2. The highest BCUT2D eigenvalue weighted by atomic mass is 32.2. The van der Waals surface area contributed by atoms with Gasteiger partial charge in [0.1, 0.15) is 4.32 Å². The van der Waals surface area contributed by atoms with Gasteiger partial charge in [-0.3, -0.25) is 14.5 Å². The predicted octanol–water partition coefficient (Wildman–Crippen LogP) is 5.28. The first-order chi connectivity index (χ1) is 17.9. The molecule has 2 aromatic carbocycles. The Morgan fingerprint density at radius 3 is 2.46 bits per heavy atom. The van der Waals surface area contributed by atoms with E-state index in [2.05, 4.69) is 5.32 Å². The summed E-state index contributed by atoms with van der Waals surface area (Å²) in [7, 11) is 3.12. The highest BCUT2D eigenvalue weighted by Gasteiger charge is 2.31. The number of thiocarbonyl (C=S) groups is 1. The van der Waals surface area contributed by atoms with Gasteiger partial charge in [-0.15, -0.1) is 0 Å². The van der Waals surface area contributed by atoms with Crippen molar-refractivity contribution in [3.63, 3.8) is 0 Å². The van der Waals surface area contributed by atoms with Gasteiger partial charge in [-0.05, 0) is 60.9 Å². The number of nitrogens with zero attached hydrogens (tertiary/aromatic N) is 1. The molecular formula is C27H30N2O6S2. The Balaban J connectivity index is 1.49. The molecule has 1 fully saturated rings. The summed E-state index contributed by atoms with van der Waals surface area (Å²) >= 11 is 6.62. The van der Waals surface area contributed by atoms with Crippen molar-refractivity contribution in [3.8, 4) is 11.5 Å².